The molecule has 22 heavy (non-hydrogen) atoms. The first-order valence-corrected chi connectivity index (χ1v) is 7.11. The number of hydrogen-bond donors (Lipinski definition) is 1. The van der Waals surface area contributed by atoms with Gasteiger partial charge in [0, 0.05) is 31.7 Å². The molecule has 1 aliphatic heterocycles. The lowest BCUT2D eigenvalue weighted by molar-refractivity contribution is 0.177. The molecule has 1 aromatic heterocycles. The van der Waals surface area contributed by atoms with Crippen LogP contribution in [0.1, 0.15) is 17.4 Å². The molecular weight excluding hydrogens is 307 g/mol. The number of ether oxygens (including phenoxy) is 1. The van der Waals surface area contributed by atoms with Crippen LogP contribution in [-0.2, 0) is 0 Å². The molecule has 0 bridgehead atoms. The topological polar surface area (TPSA) is 37.6 Å². The van der Waals surface area contributed by atoms with Crippen molar-refractivity contribution in [1.29, 1.82) is 0 Å². The Morgan fingerprint density at radius 3 is 2.68 bits per heavy atom. The van der Waals surface area contributed by atoms with E-state index in [0.29, 0.717) is 11.3 Å². The fraction of sp³-hybridized carbons (Fsp3) is 0.375. The molecule has 2 aromatic rings. The van der Waals surface area contributed by atoms with Gasteiger partial charge in [0.15, 0.2) is 0 Å². The second-order valence-corrected chi connectivity index (χ2v) is 5.09. The highest BCUT2D eigenvalue weighted by Gasteiger charge is 2.28. The number of furan rings is 1. The van der Waals surface area contributed by atoms with Gasteiger partial charge in [-0.05, 0) is 30.3 Å². The molecule has 0 unspecified atom stereocenters. The average molecular weight is 327 g/mol. The highest BCUT2D eigenvalue weighted by atomic mass is 35.5. The van der Waals surface area contributed by atoms with Crippen LogP contribution in [0.25, 0.3) is 0 Å². The van der Waals surface area contributed by atoms with E-state index in [0.717, 1.165) is 31.9 Å². The molecule has 0 saturated carbocycles. The molecule has 0 spiro atoms. The fourth-order valence-electron chi connectivity index (χ4n) is 2.78. The molecule has 1 aromatic carbocycles. The fourth-order valence-corrected chi connectivity index (χ4v) is 2.78. The Balaban J connectivity index is 0.00000176. The summed E-state index contributed by atoms with van der Waals surface area (Å²) in [7, 11) is 1.59. The summed E-state index contributed by atoms with van der Waals surface area (Å²) < 4.78 is 25.2. The van der Waals surface area contributed by atoms with E-state index in [1.165, 1.54) is 6.07 Å². The van der Waals surface area contributed by atoms with Crippen molar-refractivity contribution in [2.24, 2.45) is 0 Å². The number of nitrogens with zero attached hydrogens (tertiary/aromatic N) is 1. The number of halogens is 2. The normalized spacial score (nSPS) is 16.8. The first kappa shape index (κ1) is 16.8. The first-order valence-electron chi connectivity index (χ1n) is 7.11. The second-order valence-electron chi connectivity index (χ2n) is 5.09. The molecule has 1 fully saturated rings. The molecule has 3 rings (SSSR count). The Kier molecular flexibility index (Phi) is 5.83. The number of piperazine rings is 1. The third-order valence-corrected chi connectivity index (χ3v) is 3.83. The van der Waals surface area contributed by atoms with E-state index in [4.69, 9.17) is 9.15 Å². The van der Waals surface area contributed by atoms with Crippen LogP contribution in [0, 0.1) is 5.82 Å². The molecular formula is C16H20ClFN2O2. The summed E-state index contributed by atoms with van der Waals surface area (Å²) in [6.45, 7) is 3.48. The molecule has 0 amide bonds. The molecule has 0 aliphatic carbocycles. The van der Waals surface area contributed by atoms with Crippen LogP contribution in [0.15, 0.2) is 41.0 Å². The number of hydrogen-bond acceptors (Lipinski definition) is 4. The van der Waals surface area contributed by atoms with Crippen molar-refractivity contribution >= 4 is 12.4 Å². The van der Waals surface area contributed by atoms with E-state index in [-0.39, 0.29) is 24.3 Å². The minimum Gasteiger partial charge on any atom is -0.497 e. The molecule has 120 valence electrons. The van der Waals surface area contributed by atoms with Gasteiger partial charge in [-0.3, -0.25) is 4.90 Å². The average Bonchev–Trinajstić information content (AvgIpc) is 3.04. The van der Waals surface area contributed by atoms with Gasteiger partial charge in [0.25, 0.3) is 0 Å². The molecule has 1 N–H and O–H groups in total. The number of methoxy groups -OCH3 is 1. The van der Waals surface area contributed by atoms with Crippen molar-refractivity contribution in [3.63, 3.8) is 0 Å². The zero-order chi connectivity index (χ0) is 14.7. The van der Waals surface area contributed by atoms with E-state index >= 15 is 0 Å². The van der Waals surface area contributed by atoms with Gasteiger partial charge >= 0.3 is 0 Å². The van der Waals surface area contributed by atoms with Crippen LogP contribution in [0.2, 0.25) is 0 Å². The third-order valence-electron chi connectivity index (χ3n) is 3.83. The smallest absolute Gasteiger partial charge is 0.128 e. The van der Waals surface area contributed by atoms with Crippen molar-refractivity contribution in [2.75, 3.05) is 33.3 Å². The minimum absolute atomic E-state index is 0. The lowest BCUT2D eigenvalue weighted by atomic mass is 10.0. The molecule has 0 radical (unpaired) electrons. The molecule has 2 heterocycles. The number of benzene rings is 1. The van der Waals surface area contributed by atoms with Crippen molar-refractivity contribution < 1.29 is 13.5 Å². The van der Waals surface area contributed by atoms with Crippen LogP contribution in [0.5, 0.6) is 5.75 Å². The largest absolute Gasteiger partial charge is 0.497 e. The summed E-state index contributed by atoms with van der Waals surface area (Å²) >= 11 is 0. The second kappa shape index (κ2) is 7.63. The Morgan fingerprint density at radius 1 is 1.27 bits per heavy atom. The summed E-state index contributed by atoms with van der Waals surface area (Å²) in [5.74, 6) is 1.16. The highest BCUT2D eigenvalue weighted by Crippen LogP contribution is 2.33. The summed E-state index contributed by atoms with van der Waals surface area (Å²) in [5.41, 5.74) is 0.589. The Bertz CT molecular complexity index is 586. The molecule has 1 saturated heterocycles. The Morgan fingerprint density at radius 2 is 2.05 bits per heavy atom. The van der Waals surface area contributed by atoms with Crippen molar-refractivity contribution in [3.8, 4) is 5.75 Å². The standard InChI is InChI=1S/C16H19FN2O2.ClH/c1-20-12-4-5-14(17)13(11-12)16(15-3-2-10-21-15)19-8-6-18-7-9-19;/h2-5,10-11,16,18H,6-9H2,1H3;1H/t16-;/m0./s1. The number of nitrogens with one attached hydrogen (secondary N) is 1. The van der Waals surface area contributed by atoms with Crippen LogP contribution >= 0.6 is 12.4 Å². The van der Waals surface area contributed by atoms with Gasteiger partial charge < -0.3 is 14.5 Å². The third kappa shape index (κ3) is 3.43. The maximum atomic E-state index is 14.4. The van der Waals surface area contributed by atoms with Gasteiger partial charge in [-0.15, -0.1) is 12.4 Å². The molecule has 4 nitrogen and oxygen atoms in total. The summed E-state index contributed by atoms with van der Waals surface area (Å²) in [5, 5.41) is 3.31. The SMILES string of the molecule is COc1ccc(F)c([C@@H](c2ccco2)N2CCNCC2)c1.Cl. The summed E-state index contributed by atoms with van der Waals surface area (Å²) in [4.78, 5) is 2.23. The Hall–Kier alpha value is -1.56. The zero-order valence-corrected chi connectivity index (χ0v) is 13.2. The van der Waals surface area contributed by atoms with E-state index in [2.05, 4.69) is 10.2 Å². The lowest BCUT2D eigenvalue weighted by Crippen LogP contribution is -2.45. The van der Waals surface area contributed by atoms with Crippen molar-refractivity contribution in [2.45, 2.75) is 6.04 Å². The summed E-state index contributed by atoms with van der Waals surface area (Å²) in [6.07, 6.45) is 1.63. The van der Waals surface area contributed by atoms with Crippen molar-refractivity contribution in [3.05, 3.63) is 53.7 Å². The molecule has 1 aliphatic rings. The summed E-state index contributed by atoms with van der Waals surface area (Å²) in [6, 6.07) is 8.35. The first-order chi connectivity index (χ1) is 10.3. The van der Waals surface area contributed by atoms with Gasteiger partial charge in [-0.25, -0.2) is 4.39 Å². The minimum atomic E-state index is -0.240. The Labute approximate surface area is 135 Å². The van der Waals surface area contributed by atoms with Crippen LogP contribution in [0.4, 0.5) is 4.39 Å². The predicted octanol–water partition coefficient (Wildman–Crippen LogP) is 2.84. The van der Waals surface area contributed by atoms with Gasteiger partial charge in [0.2, 0.25) is 0 Å². The van der Waals surface area contributed by atoms with Gasteiger partial charge in [0.05, 0.1) is 19.4 Å². The van der Waals surface area contributed by atoms with Crippen LogP contribution in [0.3, 0.4) is 0 Å². The van der Waals surface area contributed by atoms with E-state index in [1.54, 1.807) is 25.5 Å². The van der Waals surface area contributed by atoms with Gasteiger partial charge in [-0.1, -0.05) is 0 Å². The molecule has 6 heteroatoms. The lowest BCUT2D eigenvalue weighted by Gasteiger charge is -2.34. The maximum absolute atomic E-state index is 14.4. The molecule has 1 atom stereocenters. The van der Waals surface area contributed by atoms with Crippen molar-refractivity contribution in [1.82, 2.24) is 10.2 Å². The quantitative estimate of drug-likeness (QED) is 0.937. The van der Waals surface area contributed by atoms with E-state index < -0.39 is 0 Å². The van der Waals surface area contributed by atoms with Crippen LogP contribution < -0.4 is 10.1 Å². The zero-order valence-electron chi connectivity index (χ0n) is 12.4. The monoisotopic (exact) mass is 326 g/mol. The van der Waals surface area contributed by atoms with Gasteiger partial charge in [0.1, 0.15) is 17.3 Å². The van der Waals surface area contributed by atoms with Gasteiger partial charge in [-0.2, -0.15) is 0 Å². The number of rotatable bonds is 4. The van der Waals surface area contributed by atoms with E-state index in [1.807, 2.05) is 12.1 Å². The highest BCUT2D eigenvalue weighted by molar-refractivity contribution is 5.85. The van der Waals surface area contributed by atoms with Crippen LogP contribution in [-0.4, -0.2) is 38.2 Å². The van der Waals surface area contributed by atoms with E-state index in [9.17, 15) is 4.39 Å². The maximum Gasteiger partial charge on any atom is 0.128 e. The predicted molar refractivity (Wildman–Crippen MR) is 85.2 cm³/mol.